The Balaban J connectivity index is 2.07. The van der Waals surface area contributed by atoms with Crippen molar-refractivity contribution in [3.63, 3.8) is 0 Å². The molecule has 7 heteroatoms. The van der Waals surface area contributed by atoms with Crippen LogP contribution < -0.4 is 14.8 Å². The fourth-order valence-electron chi connectivity index (χ4n) is 1.77. The predicted molar refractivity (Wildman–Crippen MR) is 80.0 cm³/mol. The molecule has 2 aromatic rings. The van der Waals surface area contributed by atoms with Crippen LogP contribution in [0.1, 0.15) is 11.7 Å². The molecule has 21 heavy (non-hydrogen) atoms. The molecule has 1 atom stereocenters. The van der Waals surface area contributed by atoms with Crippen molar-refractivity contribution in [1.29, 1.82) is 0 Å². The Labute approximate surface area is 127 Å². The minimum absolute atomic E-state index is 0.255. The summed E-state index contributed by atoms with van der Waals surface area (Å²) in [5.41, 5.74) is 0.675. The Morgan fingerprint density at radius 2 is 1.86 bits per heavy atom. The molecule has 0 fully saturated rings. The number of hydrogen-bond donors (Lipinski definition) is 2. The standard InChI is InChI=1S/C14H16ClN3O3/c1-20-10-3-9(4-11(5-10)21-2)12(19)6-17-14-8-16-7-13(15)18-14/h3-5,7-8,12,19H,6H2,1-2H3,(H,17,18). The fourth-order valence-corrected chi connectivity index (χ4v) is 1.92. The Morgan fingerprint density at radius 3 is 2.43 bits per heavy atom. The van der Waals surface area contributed by atoms with E-state index in [2.05, 4.69) is 15.3 Å². The fraction of sp³-hybridized carbons (Fsp3) is 0.286. The van der Waals surface area contributed by atoms with Crippen LogP contribution >= 0.6 is 11.6 Å². The zero-order chi connectivity index (χ0) is 15.2. The molecule has 0 bridgehead atoms. The largest absolute Gasteiger partial charge is 0.497 e. The van der Waals surface area contributed by atoms with E-state index in [9.17, 15) is 5.11 Å². The van der Waals surface area contributed by atoms with Crippen LogP contribution in [0.15, 0.2) is 30.6 Å². The monoisotopic (exact) mass is 309 g/mol. The Kier molecular flexibility index (Phi) is 5.19. The molecule has 6 nitrogen and oxygen atoms in total. The molecular weight excluding hydrogens is 294 g/mol. The number of nitrogens with one attached hydrogen (secondary N) is 1. The van der Waals surface area contributed by atoms with Gasteiger partial charge in [-0.15, -0.1) is 0 Å². The Morgan fingerprint density at radius 1 is 1.19 bits per heavy atom. The van der Waals surface area contributed by atoms with Crippen LogP contribution in [0.2, 0.25) is 5.15 Å². The van der Waals surface area contributed by atoms with Crippen LogP contribution in [0.4, 0.5) is 5.82 Å². The van der Waals surface area contributed by atoms with Gasteiger partial charge in [-0.05, 0) is 17.7 Å². The molecule has 0 amide bonds. The van der Waals surface area contributed by atoms with Gasteiger partial charge in [0.15, 0.2) is 0 Å². The van der Waals surface area contributed by atoms with Crippen molar-refractivity contribution in [2.45, 2.75) is 6.10 Å². The highest BCUT2D eigenvalue weighted by atomic mass is 35.5. The Bertz CT molecular complexity index is 588. The first kappa shape index (κ1) is 15.3. The van der Waals surface area contributed by atoms with E-state index in [4.69, 9.17) is 21.1 Å². The lowest BCUT2D eigenvalue weighted by atomic mass is 10.1. The van der Waals surface area contributed by atoms with E-state index in [-0.39, 0.29) is 11.7 Å². The molecule has 0 aliphatic rings. The van der Waals surface area contributed by atoms with Crippen LogP contribution in [0.5, 0.6) is 11.5 Å². The lowest BCUT2D eigenvalue weighted by Crippen LogP contribution is -2.13. The number of benzene rings is 1. The molecule has 0 radical (unpaired) electrons. The summed E-state index contributed by atoms with van der Waals surface area (Å²) in [6.45, 7) is 0.255. The van der Waals surface area contributed by atoms with Gasteiger partial charge >= 0.3 is 0 Å². The van der Waals surface area contributed by atoms with Crippen LogP contribution in [0.25, 0.3) is 0 Å². The van der Waals surface area contributed by atoms with E-state index < -0.39 is 6.10 Å². The molecule has 1 unspecified atom stereocenters. The zero-order valence-electron chi connectivity index (χ0n) is 11.7. The number of hydrogen-bond acceptors (Lipinski definition) is 6. The van der Waals surface area contributed by atoms with Crippen molar-refractivity contribution in [2.24, 2.45) is 0 Å². The molecule has 1 heterocycles. The number of anilines is 1. The van der Waals surface area contributed by atoms with Crippen LogP contribution in [-0.4, -0.2) is 35.8 Å². The Hall–Kier alpha value is -2.05. The highest BCUT2D eigenvalue weighted by Gasteiger charge is 2.11. The number of halogens is 1. The van der Waals surface area contributed by atoms with E-state index in [0.29, 0.717) is 22.9 Å². The van der Waals surface area contributed by atoms with Gasteiger partial charge in [0.1, 0.15) is 22.5 Å². The first-order chi connectivity index (χ1) is 10.1. The molecule has 2 N–H and O–H groups in total. The highest BCUT2D eigenvalue weighted by Crippen LogP contribution is 2.26. The number of methoxy groups -OCH3 is 2. The predicted octanol–water partition coefficient (Wildman–Crippen LogP) is 2.29. The van der Waals surface area contributed by atoms with Crippen LogP contribution in [0.3, 0.4) is 0 Å². The minimum Gasteiger partial charge on any atom is -0.497 e. The molecule has 0 spiro atoms. The van der Waals surface area contributed by atoms with Crippen molar-refractivity contribution in [3.8, 4) is 11.5 Å². The number of aliphatic hydroxyl groups is 1. The molecule has 0 aliphatic carbocycles. The number of nitrogens with zero attached hydrogens (tertiary/aromatic N) is 2. The molecule has 2 rings (SSSR count). The number of rotatable bonds is 6. The zero-order valence-corrected chi connectivity index (χ0v) is 12.5. The van der Waals surface area contributed by atoms with E-state index in [0.717, 1.165) is 0 Å². The molecule has 0 aliphatic heterocycles. The maximum atomic E-state index is 10.2. The van der Waals surface area contributed by atoms with Gasteiger partial charge in [-0.1, -0.05) is 11.6 Å². The van der Waals surface area contributed by atoms with Crippen molar-refractivity contribution in [3.05, 3.63) is 41.3 Å². The second-order valence-electron chi connectivity index (χ2n) is 4.27. The summed E-state index contributed by atoms with van der Waals surface area (Å²) in [4.78, 5) is 7.95. The van der Waals surface area contributed by atoms with Crippen molar-refractivity contribution in [1.82, 2.24) is 9.97 Å². The molecular formula is C14H16ClN3O3. The first-order valence-electron chi connectivity index (χ1n) is 6.25. The van der Waals surface area contributed by atoms with E-state index in [1.54, 1.807) is 32.4 Å². The van der Waals surface area contributed by atoms with E-state index >= 15 is 0 Å². The van der Waals surface area contributed by atoms with Crippen LogP contribution in [0, 0.1) is 0 Å². The normalized spacial score (nSPS) is 11.8. The van der Waals surface area contributed by atoms with E-state index in [1.165, 1.54) is 12.4 Å². The molecule has 0 saturated heterocycles. The topological polar surface area (TPSA) is 76.5 Å². The summed E-state index contributed by atoms with van der Waals surface area (Å²) in [5, 5.41) is 13.5. The average Bonchev–Trinajstić information content (AvgIpc) is 2.52. The summed E-state index contributed by atoms with van der Waals surface area (Å²) in [6.07, 6.45) is 2.22. The number of ether oxygens (including phenoxy) is 2. The smallest absolute Gasteiger partial charge is 0.149 e. The van der Waals surface area contributed by atoms with Crippen LogP contribution in [-0.2, 0) is 0 Å². The first-order valence-corrected chi connectivity index (χ1v) is 6.62. The van der Waals surface area contributed by atoms with Gasteiger partial charge in [0.2, 0.25) is 0 Å². The molecule has 112 valence electrons. The van der Waals surface area contributed by atoms with Gasteiger partial charge in [-0.2, -0.15) is 0 Å². The van der Waals surface area contributed by atoms with Gasteiger partial charge < -0.3 is 19.9 Å². The average molecular weight is 310 g/mol. The molecule has 1 aromatic heterocycles. The maximum absolute atomic E-state index is 10.2. The van der Waals surface area contributed by atoms with Gasteiger partial charge in [-0.25, -0.2) is 4.98 Å². The molecule has 1 aromatic carbocycles. The lowest BCUT2D eigenvalue weighted by molar-refractivity contribution is 0.190. The lowest BCUT2D eigenvalue weighted by Gasteiger charge is -2.15. The summed E-state index contributed by atoms with van der Waals surface area (Å²) < 4.78 is 10.3. The maximum Gasteiger partial charge on any atom is 0.149 e. The molecule has 0 saturated carbocycles. The summed E-state index contributed by atoms with van der Waals surface area (Å²) in [7, 11) is 3.12. The van der Waals surface area contributed by atoms with Gasteiger partial charge in [0, 0.05) is 12.6 Å². The minimum atomic E-state index is -0.755. The number of aliphatic hydroxyl groups excluding tert-OH is 1. The number of aromatic nitrogens is 2. The summed E-state index contributed by atoms with van der Waals surface area (Å²) in [5.74, 6) is 1.73. The van der Waals surface area contributed by atoms with Gasteiger partial charge in [-0.3, -0.25) is 4.98 Å². The van der Waals surface area contributed by atoms with Gasteiger partial charge in [0.05, 0.1) is 32.7 Å². The quantitative estimate of drug-likeness (QED) is 0.852. The third kappa shape index (κ3) is 4.21. The third-order valence-electron chi connectivity index (χ3n) is 2.84. The second kappa shape index (κ2) is 7.10. The van der Waals surface area contributed by atoms with Crippen molar-refractivity contribution in [2.75, 3.05) is 26.1 Å². The SMILES string of the molecule is COc1cc(OC)cc(C(O)CNc2cncc(Cl)n2)c1. The highest BCUT2D eigenvalue weighted by molar-refractivity contribution is 6.29. The van der Waals surface area contributed by atoms with E-state index in [1.807, 2.05) is 0 Å². The van der Waals surface area contributed by atoms with Crippen molar-refractivity contribution >= 4 is 17.4 Å². The summed E-state index contributed by atoms with van der Waals surface area (Å²) >= 11 is 5.75. The third-order valence-corrected chi connectivity index (χ3v) is 3.02. The van der Waals surface area contributed by atoms with Crippen molar-refractivity contribution < 1.29 is 14.6 Å². The second-order valence-corrected chi connectivity index (χ2v) is 4.66. The summed E-state index contributed by atoms with van der Waals surface area (Å²) in [6, 6.07) is 5.24. The van der Waals surface area contributed by atoms with Gasteiger partial charge in [0.25, 0.3) is 0 Å².